The standard InChI is InChI=1S/C46H35N7O2S2/c1-30-14-18-34(19-15-30)41-28-56-45(52(41)37-10-6-4-7-11-37)39(26-47)43(54)49-36-24-22-33(23-25-36)32(3)50-51-44(55)40(27-48)46-53(38-12-8-5-9-13-38)42(29-57-46)35-20-16-31(2)17-21-35/h4-25,28-29H,1-3H3,(H,49,54)(H,51,55)/b45-39-,46-40-,50-32+. The number of aryl methyl sites for hydroxylation is 2. The van der Waals surface area contributed by atoms with Gasteiger partial charge in [0, 0.05) is 27.9 Å². The van der Waals surface area contributed by atoms with Gasteiger partial charge in [0.2, 0.25) is 0 Å². The lowest BCUT2D eigenvalue weighted by Crippen LogP contribution is -2.25. The van der Waals surface area contributed by atoms with Gasteiger partial charge in [0.1, 0.15) is 33.3 Å². The molecule has 0 unspecified atom stereocenters. The number of benzene rings is 5. The molecule has 0 spiro atoms. The first kappa shape index (κ1) is 38.2. The molecule has 0 aliphatic carbocycles. The first-order valence-electron chi connectivity index (χ1n) is 17.9. The molecule has 11 heteroatoms. The third-order valence-electron chi connectivity index (χ3n) is 9.17. The molecular formula is C46H35N7O2S2. The van der Waals surface area contributed by atoms with Crippen molar-refractivity contribution in [1.82, 2.24) is 5.43 Å². The lowest BCUT2D eigenvalue weighted by Gasteiger charge is -2.24. The van der Waals surface area contributed by atoms with Crippen LogP contribution in [0.5, 0.6) is 0 Å². The van der Waals surface area contributed by atoms with E-state index in [-0.39, 0.29) is 11.1 Å². The van der Waals surface area contributed by atoms with Crippen molar-refractivity contribution in [2.75, 3.05) is 15.1 Å². The number of carbonyl (C=O) groups is 2. The topological polar surface area (TPSA) is 125 Å². The van der Waals surface area contributed by atoms with Gasteiger partial charge in [-0.15, -0.1) is 0 Å². The fourth-order valence-corrected chi connectivity index (χ4v) is 8.20. The molecule has 9 nitrogen and oxygen atoms in total. The highest BCUT2D eigenvalue weighted by molar-refractivity contribution is 8.06. The summed E-state index contributed by atoms with van der Waals surface area (Å²) in [7, 11) is 0. The fraction of sp³-hybridized carbons (Fsp3) is 0.0652. The maximum absolute atomic E-state index is 13.7. The monoisotopic (exact) mass is 781 g/mol. The zero-order valence-corrected chi connectivity index (χ0v) is 32.9. The van der Waals surface area contributed by atoms with E-state index in [1.165, 1.54) is 23.5 Å². The van der Waals surface area contributed by atoms with Crippen LogP contribution < -0.4 is 20.5 Å². The Hall–Kier alpha value is -7.05. The van der Waals surface area contributed by atoms with E-state index in [0.29, 0.717) is 27.0 Å². The molecule has 0 aromatic heterocycles. The van der Waals surface area contributed by atoms with Crippen LogP contribution in [0.1, 0.15) is 34.7 Å². The number of nitriles is 2. The number of thioether (sulfide) groups is 2. The van der Waals surface area contributed by atoms with Crippen LogP contribution in [0.4, 0.5) is 17.1 Å². The molecule has 2 amide bonds. The second-order valence-corrected chi connectivity index (χ2v) is 14.8. The van der Waals surface area contributed by atoms with Crippen LogP contribution in [0.15, 0.2) is 171 Å². The number of nitrogens with zero attached hydrogens (tertiary/aromatic N) is 5. The SMILES string of the molecule is C/C(=N\NC(=O)/C(C#N)=C1\SC=C(c2ccc(C)cc2)N1c1ccccc1)c1ccc(NC(=O)/C(C#N)=C2\SC=C(c3ccc(C)cc3)N2c2ccccc2)cc1. The predicted molar refractivity (Wildman–Crippen MR) is 232 cm³/mol. The Labute approximate surface area is 340 Å². The van der Waals surface area contributed by atoms with Gasteiger partial charge in [-0.05, 0) is 73.9 Å². The van der Waals surface area contributed by atoms with Crippen molar-refractivity contribution in [3.8, 4) is 12.1 Å². The Morgan fingerprint density at radius 2 is 1.04 bits per heavy atom. The highest BCUT2D eigenvalue weighted by atomic mass is 32.2. The van der Waals surface area contributed by atoms with Crippen LogP contribution in [0.2, 0.25) is 0 Å². The Morgan fingerprint density at radius 1 is 0.596 bits per heavy atom. The van der Waals surface area contributed by atoms with E-state index in [1.807, 2.05) is 144 Å². The first-order valence-corrected chi connectivity index (χ1v) is 19.6. The average molecular weight is 782 g/mol. The summed E-state index contributed by atoms with van der Waals surface area (Å²) >= 11 is 2.63. The van der Waals surface area contributed by atoms with Crippen LogP contribution in [0.25, 0.3) is 11.4 Å². The van der Waals surface area contributed by atoms with E-state index in [1.54, 1.807) is 31.2 Å². The van der Waals surface area contributed by atoms with E-state index in [0.717, 1.165) is 45.0 Å². The summed E-state index contributed by atoms with van der Waals surface area (Å²) in [5.41, 5.74) is 11.6. The van der Waals surface area contributed by atoms with Crippen molar-refractivity contribution < 1.29 is 9.59 Å². The van der Waals surface area contributed by atoms with Gasteiger partial charge >= 0.3 is 0 Å². The van der Waals surface area contributed by atoms with Crippen molar-refractivity contribution in [2.24, 2.45) is 5.10 Å². The van der Waals surface area contributed by atoms with Crippen molar-refractivity contribution in [2.45, 2.75) is 20.8 Å². The third kappa shape index (κ3) is 8.31. The highest BCUT2D eigenvalue weighted by Crippen LogP contribution is 2.46. The molecule has 0 bridgehead atoms. The van der Waals surface area contributed by atoms with E-state index in [9.17, 15) is 20.1 Å². The number of anilines is 3. The molecule has 2 N–H and O–H groups in total. The Balaban J connectivity index is 1.07. The summed E-state index contributed by atoms with van der Waals surface area (Å²) in [5.74, 6) is -1.19. The van der Waals surface area contributed by atoms with Gasteiger partial charge < -0.3 is 15.1 Å². The minimum atomic E-state index is -0.644. The molecule has 5 aromatic rings. The van der Waals surface area contributed by atoms with E-state index >= 15 is 0 Å². The summed E-state index contributed by atoms with van der Waals surface area (Å²) in [6.45, 7) is 5.78. The molecule has 2 heterocycles. The van der Waals surface area contributed by atoms with Gasteiger partial charge in [-0.25, -0.2) is 5.43 Å². The number of rotatable bonds is 9. The number of para-hydroxylation sites is 2. The van der Waals surface area contributed by atoms with E-state index < -0.39 is 11.8 Å². The average Bonchev–Trinajstić information content (AvgIpc) is 3.88. The first-order chi connectivity index (χ1) is 27.7. The second-order valence-electron chi connectivity index (χ2n) is 13.1. The van der Waals surface area contributed by atoms with Crippen molar-refractivity contribution in [3.63, 3.8) is 0 Å². The van der Waals surface area contributed by atoms with Gasteiger partial charge in [-0.2, -0.15) is 15.6 Å². The maximum atomic E-state index is 13.7. The smallest absolute Gasteiger partial charge is 0.284 e. The maximum Gasteiger partial charge on any atom is 0.284 e. The molecule has 57 heavy (non-hydrogen) atoms. The number of hydrazone groups is 1. The fourth-order valence-electron chi connectivity index (χ4n) is 6.14. The van der Waals surface area contributed by atoms with Crippen LogP contribution in [0.3, 0.4) is 0 Å². The molecule has 0 saturated carbocycles. The van der Waals surface area contributed by atoms with E-state index in [4.69, 9.17) is 0 Å². The highest BCUT2D eigenvalue weighted by Gasteiger charge is 2.31. The summed E-state index contributed by atoms with van der Waals surface area (Å²) in [5, 5.41) is 32.5. The second kappa shape index (κ2) is 17.2. The Morgan fingerprint density at radius 3 is 1.47 bits per heavy atom. The molecule has 5 aromatic carbocycles. The van der Waals surface area contributed by atoms with Crippen molar-refractivity contribution >= 4 is 69.5 Å². The molecule has 0 radical (unpaired) electrons. The van der Waals surface area contributed by atoms with Gasteiger partial charge in [-0.1, -0.05) is 132 Å². The van der Waals surface area contributed by atoms with Crippen molar-refractivity contribution in [1.29, 1.82) is 10.5 Å². The summed E-state index contributed by atoms with van der Waals surface area (Å²) in [6.07, 6.45) is 0. The van der Waals surface area contributed by atoms with E-state index in [2.05, 4.69) is 28.0 Å². The predicted octanol–water partition coefficient (Wildman–Crippen LogP) is 10.1. The quantitative estimate of drug-likeness (QED) is 0.0656. The number of hydrogen-bond acceptors (Lipinski definition) is 9. The Bertz CT molecular complexity index is 2580. The number of amides is 2. The number of nitrogens with one attached hydrogen (secondary N) is 2. The largest absolute Gasteiger partial charge is 0.321 e. The Kier molecular flexibility index (Phi) is 11.5. The minimum absolute atomic E-state index is 0.0263. The molecule has 0 atom stereocenters. The number of carbonyl (C=O) groups excluding carboxylic acids is 2. The molecule has 278 valence electrons. The molecule has 0 fully saturated rings. The van der Waals surface area contributed by atoms with Gasteiger partial charge in [0.05, 0.1) is 17.1 Å². The summed E-state index contributed by atoms with van der Waals surface area (Å²) in [4.78, 5) is 31.0. The van der Waals surface area contributed by atoms with Crippen LogP contribution >= 0.6 is 23.5 Å². The molecule has 2 aliphatic rings. The van der Waals surface area contributed by atoms with Gasteiger partial charge in [0.15, 0.2) is 0 Å². The van der Waals surface area contributed by atoms with Gasteiger partial charge in [-0.3, -0.25) is 9.59 Å². The molecule has 0 saturated heterocycles. The third-order valence-corrected chi connectivity index (χ3v) is 11.1. The van der Waals surface area contributed by atoms with Crippen LogP contribution in [0, 0.1) is 36.5 Å². The molecule has 2 aliphatic heterocycles. The van der Waals surface area contributed by atoms with Crippen LogP contribution in [-0.2, 0) is 9.59 Å². The van der Waals surface area contributed by atoms with Gasteiger partial charge in [0.25, 0.3) is 11.8 Å². The van der Waals surface area contributed by atoms with Crippen molar-refractivity contribution in [3.05, 3.63) is 193 Å². The summed E-state index contributed by atoms with van der Waals surface area (Å²) in [6, 6.07) is 46.6. The lowest BCUT2D eigenvalue weighted by atomic mass is 10.1. The zero-order chi connectivity index (χ0) is 39.9. The molecule has 7 rings (SSSR count). The zero-order valence-electron chi connectivity index (χ0n) is 31.2. The molecular weight excluding hydrogens is 747 g/mol. The number of hydrogen-bond donors (Lipinski definition) is 2. The normalized spacial score (nSPS) is 15.6. The van der Waals surface area contributed by atoms with Crippen LogP contribution in [-0.4, -0.2) is 17.5 Å². The minimum Gasteiger partial charge on any atom is -0.321 e. The summed E-state index contributed by atoms with van der Waals surface area (Å²) < 4.78 is 0. The lowest BCUT2D eigenvalue weighted by molar-refractivity contribution is -0.117.